The molecule has 0 unspecified atom stereocenters. The van der Waals surface area contributed by atoms with Gasteiger partial charge in [-0.3, -0.25) is 9.36 Å². The zero-order valence-corrected chi connectivity index (χ0v) is 20.1. The molecule has 0 radical (unpaired) electrons. The molecular formula is C23H21N7OS2. The molecule has 1 atom stereocenters. The number of hydrogen-bond donors (Lipinski definition) is 0. The molecular weight excluding hydrogens is 454 g/mol. The Labute approximate surface area is 197 Å². The Morgan fingerprint density at radius 3 is 2.88 bits per heavy atom. The molecule has 0 fully saturated rings. The van der Waals surface area contributed by atoms with Crippen LogP contribution in [0.4, 0.5) is 0 Å². The third-order valence-electron chi connectivity index (χ3n) is 6.29. The van der Waals surface area contributed by atoms with E-state index < -0.39 is 0 Å². The molecule has 0 bridgehead atoms. The minimum absolute atomic E-state index is 0.0127. The minimum Gasteiger partial charge on any atom is -0.268 e. The summed E-state index contributed by atoms with van der Waals surface area (Å²) in [6.07, 6.45) is 3.05. The van der Waals surface area contributed by atoms with Crippen LogP contribution >= 0.6 is 23.1 Å². The summed E-state index contributed by atoms with van der Waals surface area (Å²) in [5.41, 5.74) is 4.86. The summed E-state index contributed by atoms with van der Waals surface area (Å²) in [4.78, 5) is 21.1. The summed E-state index contributed by atoms with van der Waals surface area (Å²) < 4.78 is 3.11. The summed E-state index contributed by atoms with van der Waals surface area (Å²) in [5.74, 6) is 0.633. The molecule has 8 nitrogen and oxygen atoms in total. The molecule has 1 aliphatic carbocycles. The lowest BCUT2D eigenvalue weighted by Gasteiger charge is -2.18. The van der Waals surface area contributed by atoms with Crippen molar-refractivity contribution in [1.82, 2.24) is 34.8 Å². The van der Waals surface area contributed by atoms with Crippen LogP contribution in [0.15, 0.2) is 45.3 Å². The molecule has 4 heterocycles. The number of benzene rings is 1. The number of nitrogens with zero attached hydrogens (tertiary/aromatic N) is 7. The fourth-order valence-electron chi connectivity index (χ4n) is 4.31. The van der Waals surface area contributed by atoms with Crippen LogP contribution in [0.25, 0.3) is 21.6 Å². The second-order valence-corrected chi connectivity index (χ2v) is 10.7. The first kappa shape index (κ1) is 20.5. The molecule has 1 aromatic carbocycles. The SMILES string of the molecule is Cc1ccc(-n2c(Sc3ccc4nnnn4n3)nc3sc4c(c3c2=O)CC[C@@H](C)C4)cc1C. The van der Waals surface area contributed by atoms with E-state index in [-0.39, 0.29) is 5.56 Å². The van der Waals surface area contributed by atoms with Crippen molar-refractivity contribution in [3.63, 3.8) is 0 Å². The summed E-state index contributed by atoms with van der Waals surface area (Å²) in [5, 5.41) is 17.9. The van der Waals surface area contributed by atoms with Gasteiger partial charge < -0.3 is 0 Å². The molecule has 10 heteroatoms. The van der Waals surface area contributed by atoms with Crippen LogP contribution < -0.4 is 5.56 Å². The van der Waals surface area contributed by atoms with Crippen LogP contribution in [0.2, 0.25) is 0 Å². The maximum Gasteiger partial charge on any atom is 0.267 e. The minimum atomic E-state index is -0.0127. The second-order valence-electron chi connectivity index (χ2n) is 8.64. The highest BCUT2D eigenvalue weighted by Crippen LogP contribution is 2.37. The van der Waals surface area contributed by atoms with Crippen molar-refractivity contribution in [2.75, 3.05) is 0 Å². The smallest absolute Gasteiger partial charge is 0.267 e. The third-order valence-corrected chi connectivity index (χ3v) is 8.32. The number of aryl methyl sites for hydroxylation is 3. The van der Waals surface area contributed by atoms with Crippen LogP contribution in [0, 0.1) is 19.8 Å². The van der Waals surface area contributed by atoms with E-state index in [0.29, 0.717) is 21.7 Å². The van der Waals surface area contributed by atoms with E-state index in [4.69, 9.17) is 4.98 Å². The van der Waals surface area contributed by atoms with Crippen molar-refractivity contribution in [1.29, 1.82) is 0 Å². The number of aromatic nitrogens is 7. The van der Waals surface area contributed by atoms with Gasteiger partial charge in [0.25, 0.3) is 5.56 Å². The van der Waals surface area contributed by atoms with E-state index in [1.165, 1.54) is 32.4 Å². The maximum atomic E-state index is 14.0. The van der Waals surface area contributed by atoms with Crippen LogP contribution in [0.5, 0.6) is 0 Å². The highest BCUT2D eigenvalue weighted by Gasteiger charge is 2.25. The summed E-state index contributed by atoms with van der Waals surface area (Å²) >= 11 is 3.00. The van der Waals surface area contributed by atoms with Gasteiger partial charge >= 0.3 is 0 Å². The van der Waals surface area contributed by atoms with Crippen molar-refractivity contribution in [3.8, 4) is 5.69 Å². The lowest BCUT2D eigenvalue weighted by molar-refractivity contribution is 0.509. The van der Waals surface area contributed by atoms with Gasteiger partial charge in [-0.2, -0.15) is 0 Å². The van der Waals surface area contributed by atoms with Crippen molar-refractivity contribution in [3.05, 3.63) is 62.3 Å². The van der Waals surface area contributed by atoms with Crippen molar-refractivity contribution >= 4 is 39.0 Å². The molecule has 0 saturated carbocycles. The average Bonchev–Trinajstić information content (AvgIpc) is 3.39. The van der Waals surface area contributed by atoms with Crippen LogP contribution in [0.3, 0.4) is 0 Å². The first-order valence-corrected chi connectivity index (χ1v) is 12.5. The van der Waals surface area contributed by atoms with E-state index in [2.05, 4.69) is 41.4 Å². The molecule has 4 aromatic heterocycles. The third kappa shape index (κ3) is 3.44. The topological polar surface area (TPSA) is 90.9 Å². The highest BCUT2D eigenvalue weighted by molar-refractivity contribution is 7.99. The highest BCUT2D eigenvalue weighted by atomic mass is 32.2. The standard InChI is InChI=1S/C23H21N7OS2/c1-12-4-7-16-17(10-12)32-21-20(16)22(31)29(15-6-5-13(2)14(3)11-15)23(24-21)33-19-9-8-18-25-27-28-30(18)26-19/h5-6,8-9,11-12H,4,7,10H2,1-3H3/t12-/m1/s1. The largest absolute Gasteiger partial charge is 0.268 e. The molecule has 1 aliphatic rings. The van der Waals surface area contributed by atoms with Gasteiger partial charge in [-0.1, -0.05) is 13.0 Å². The predicted octanol–water partition coefficient (Wildman–Crippen LogP) is 4.17. The van der Waals surface area contributed by atoms with Gasteiger partial charge in [0.2, 0.25) is 0 Å². The monoisotopic (exact) mass is 475 g/mol. The molecule has 0 aliphatic heterocycles. The predicted molar refractivity (Wildman–Crippen MR) is 129 cm³/mol. The fourth-order valence-corrected chi connectivity index (χ4v) is 6.60. The Kier molecular flexibility index (Phi) is 4.81. The fraction of sp³-hybridized carbons (Fsp3) is 0.304. The van der Waals surface area contributed by atoms with Gasteiger partial charge in [0, 0.05) is 4.88 Å². The first-order chi connectivity index (χ1) is 16.0. The number of tetrazole rings is 1. The van der Waals surface area contributed by atoms with Crippen LogP contribution in [0.1, 0.15) is 34.9 Å². The van der Waals surface area contributed by atoms with Crippen molar-refractivity contribution < 1.29 is 0 Å². The summed E-state index contributed by atoms with van der Waals surface area (Å²) in [6.45, 7) is 6.40. The van der Waals surface area contributed by atoms with Gasteiger partial charge in [0.1, 0.15) is 9.86 Å². The quantitative estimate of drug-likeness (QED) is 0.362. The molecule has 0 amide bonds. The van der Waals surface area contributed by atoms with Gasteiger partial charge in [-0.05, 0) is 102 Å². The number of thiophene rings is 1. The zero-order chi connectivity index (χ0) is 22.7. The van der Waals surface area contributed by atoms with E-state index in [9.17, 15) is 4.79 Å². The Morgan fingerprint density at radius 2 is 2.03 bits per heavy atom. The summed E-state index contributed by atoms with van der Waals surface area (Å²) in [6, 6.07) is 9.73. The molecule has 5 aromatic rings. The Bertz CT molecular complexity index is 1600. The zero-order valence-electron chi connectivity index (χ0n) is 18.4. The molecule has 33 heavy (non-hydrogen) atoms. The van der Waals surface area contributed by atoms with E-state index in [1.54, 1.807) is 22.0 Å². The summed E-state index contributed by atoms with van der Waals surface area (Å²) in [7, 11) is 0. The molecule has 0 N–H and O–H groups in total. The lowest BCUT2D eigenvalue weighted by Crippen LogP contribution is -2.22. The lowest BCUT2D eigenvalue weighted by atomic mass is 9.89. The van der Waals surface area contributed by atoms with E-state index in [0.717, 1.165) is 40.7 Å². The average molecular weight is 476 g/mol. The molecule has 166 valence electrons. The second kappa shape index (κ2) is 7.74. The molecule has 0 saturated heterocycles. The van der Waals surface area contributed by atoms with Gasteiger partial charge in [-0.25, -0.2) is 4.98 Å². The number of fused-ring (bicyclic) bond motifs is 4. The van der Waals surface area contributed by atoms with Gasteiger partial charge in [0.15, 0.2) is 10.8 Å². The normalized spacial score (nSPS) is 15.9. The van der Waals surface area contributed by atoms with Crippen molar-refractivity contribution in [2.24, 2.45) is 5.92 Å². The number of rotatable bonds is 3. The molecule has 0 spiro atoms. The van der Waals surface area contributed by atoms with E-state index >= 15 is 0 Å². The number of hydrogen-bond acceptors (Lipinski definition) is 8. The first-order valence-electron chi connectivity index (χ1n) is 10.9. The Balaban J connectivity index is 1.58. The Hall–Kier alpha value is -3.11. The van der Waals surface area contributed by atoms with Crippen LogP contribution in [-0.2, 0) is 12.8 Å². The van der Waals surface area contributed by atoms with E-state index in [1.807, 2.05) is 24.3 Å². The Morgan fingerprint density at radius 1 is 1.15 bits per heavy atom. The van der Waals surface area contributed by atoms with Crippen LogP contribution in [-0.4, -0.2) is 34.8 Å². The molecule has 6 rings (SSSR count). The van der Waals surface area contributed by atoms with Crippen molar-refractivity contribution in [2.45, 2.75) is 50.2 Å². The maximum absolute atomic E-state index is 14.0. The van der Waals surface area contributed by atoms with Gasteiger partial charge in [-0.15, -0.1) is 26.2 Å². The van der Waals surface area contributed by atoms with Gasteiger partial charge in [0.05, 0.1) is 11.1 Å².